The maximum atomic E-state index is 4.22. The van der Waals surface area contributed by atoms with E-state index in [1.165, 1.54) is 43.3 Å². The summed E-state index contributed by atoms with van der Waals surface area (Å²) in [6.07, 6.45) is 6.80. The molecule has 6 saturated carbocycles. The van der Waals surface area contributed by atoms with Crippen molar-refractivity contribution < 1.29 is 0 Å². The average Bonchev–Trinajstić information content (AvgIpc) is 2.37. The van der Waals surface area contributed by atoms with Gasteiger partial charge in [-0.3, -0.25) is 0 Å². The molecule has 0 aromatic rings. The van der Waals surface area contributed by atoms with Gasteiger partial charge in [-0.2, -0.15) is 0 Å². The minimum atomic E-state index is 0.541. The van der Waals surface area contributed by atoms with Gasteiger partial charge in [0.1, 0.15) is 0 Å². The molecule has 124 valence electrons. The zero-order valence-electron chi connectivity index (χ0n) is 15.8. The molecule has 2 unspecified atom stereocenters. The molecule has 2 atom stereocenters. The minimum Gasteiger partial charge on any atom is -0.0996 e. The van der Waals surface area contributed by atoms with E-state index in [1.54, 1.807) is 0 Å². The highest BCUT2D eigenvalue weighted by molar-refractivity contribution is 5.25. The predicted octanol–water partition coefficient (Wildman–Crippen LogP) is 6.63. The maximum absolute atomic E-state index is 4.22. The molecule has 0 N–H and O–H groups in total. The number of hydrogen-bond acceptors (Lipinski definition) is 0. The van der Waals surface area contributed by atoms with Crippen LogP contribution >= 0.6 is 0 Å². The second-order valence-electron chi connectivity index (χ2n) is 10.3. The van der Waals surface area contributed by atoms with Gasteiger partial charge >= 0.3 is 0 Å². The van der Waals surface area contributed by atoms with Crippen molar-refractivity contribution in [3.63, 3.8) is 0 Å². The van der Waals surface area contributed by atoms with Crippen LogP contribution in [0.25, 0.3) is 0 Å². The van der Waals surface area contributed by atoms with Crippen molar-refractivity contribution in [2.24, 2.45) is 39.9 Å². The Labute approximate surface area is 138 Å². The molecule has 0 heterocycles. The lowest BCUT2D eigenvalue weighted by Gasteiger charge is -2.69. The van der Waals surface area contributed by atoms with Gasteiger partial charge in [0.25, 0.3) is 0 Å². The topological polar surface area (TPSA) is 0 Å². The minimum absolute atomic E-state index is 0.541. The van der Waals surface area contributed by atoms with Crippen molar-refractivity contribution in [1.29, 1.82) is 0 Å². The smallest absolute Gasteiger partial charge is 0.00975 e. The summed E-state index contributed by atoms with van der Waals surface area (Å²) in [5.74, 6) is 3.60. The summed E-state index contributed by atoms with van der Waals surface area (Å²) in [4.78, 5) is 0. The molecular formula is C22H36. The first-order chi connectivity index (χ1) is 10.0. The second kappa shape index (κ2) is 4.74. The van der Waals surface area contributed by atoms with E-state index in [2.05, 4.69) is 54.7 Å². The van der Waals surface area contributed by atoms with Gasteiger partial charge in [-0.05, 0) is 72.0 Å². The van der Waals surface area contributed by atoms with Gasteiger partial charge in [0.15, 0.2) is 0 Å². The van der Waals surface area contributed by atoms with Crippen LogP contribution in [0.3, 0.4) is 0 Å². The van der Waals surface area contributed by atoms with Crippen molar-refractivity contribution in [2.45, 2.75) is 73.6 Å². The number of rotatable bonds is 0. The van der Waals surface area contributed by atoms with Crippen LogP contribution in [0, 0.1) is 39.9 Å². The lowest BCUT2D eigenvalue weighted by Crippen LogP contribution is -2.62. The molecule has 6 aliphatic carbocycles. The van der Waals surface area contributed by atoms with Gasteiger partial charge in [0.05, 0.1) is 0 Å². The molecule has 0 radical (unpaired) electrons. The van der Waals surface area contributed by atoms with E-state index in [0.717, 1.165) is 23.7 Å². The van der Waals surface area contributed by atoms with E-state index in [4.69, 9.17) is 0 Å². The number of fused-ring (bicyclic) bond motifs is 4. The molecule has 0 amide bonds. The fraction of sp³-hybridized carbons (Fsp3) is 0.818. The van der Waals surface area contributed by atoms with E-state index >= 15 is 0 Å². The van der Waals surface area contributed by atoms with Crippen LogP contribution < -0.4 is 0 Å². The molecule has 0 nitrogen and oxygen atoms in total. The summed E-state index contributed by atoms with van der Waals surface area (Å²) in [6, 6.07) is 0. The van der Waals surface area contributed by atoms with Crippen LogP contribution in [0.4, 0.5) is 0 Å². The van der Waals surface area contributed by atoms with Gasteiger partial charge < -0.3 is 0 Å². The number of allylic oxidation sites excluding steroid dienone is 2. The maximum Gasteiger partial charge on any atom is -0.00975 e. The fourth-order valence-corrected chi connectivity index (χ4v) is 7.23. The van der Waals surface area contributed by atoms with Gasteiger partial charge in [0.2, 0.25) is 0 Å². The third-order valence-corrected chi connectivity index (χ3v) is 8.22. The third kappa shape index (κ3) is 2.01. The Hall–Kier alpha value is -0.520. The first kappa shape index (κ1) is 16.3. The first-order valence-electron chi connectivity index (χ1n) is 9.36. The van der Waals surface area contributed by atoms with Crippen LogP contribution in [0.1, 0.15) is 73.6 Å². The third-order valence-electron chi connectivity index (χ3n) is 8.22. The molecule has 6 fully saturated rings. The van der Waals surface area contributed by atoms with Gasteiger partial charge in [0, 0.05) is 0 Å². The monoisotopic (exact) mass is 300 g/mol. The lowest BCUT2D eigenvalue weighted by molar-refractivity contribution is -0.165. The Balaban J connectivity index is 0.000000133. The number of hydrogen-bond donors (Lipinski definition) is 0. The molecule has 0 aromatic carbocycles. The van der Waals surface area contributed by atoms with Gasteiger partial charge in [-0.25, -0.2) is 0 Å². The van der Waals surface area contributed by atoms with Crippen LogP contribution in [-0.2, 0) is 0 Å². The molecule has 0 spiro atoms. The van der Waals surface area contributed by atoms with Crippen LogP contribution in [0.5, 0.6) is 0 Å². The van der Waals surface area contributed by atoms with Crippen molar-refractivity contribution in [3.8, 4) is 0 Å². The first-order valence-corrected chi connectivity index (χ1v) is 9.36. The van der Waals surface area contributed by atoms with Crippen molar-refractivity contribution in [1.82, 2.24) is 0 Å². The molecule has 6 rings (SSSR count). The Morgan fingerprint density at radius 3 is 1.59 bits per heavy atom. The summed E-state index contributed by atoms with van der Waals surface area (Å²) in [5, 5.41) is 0. The summed E-state index contributed by atoms with van der Waals surface area (Å²) < 4.78 is 0. The molecule has 6 aliphatic rings. The van der Waals surface area contributed by atoms with E-state index in [1.807, 2.05) is 0 Å². The van der Waals surface area contributed by atoms with E-state index < -0.39 is 0 Å². The Bertz CT molecular complexity index is 484. The zero-order valence-corrected chi connectivity index (χ0v) is 15.8. The van der Waals surface area contributed by atoms with Crippen LogP contribution in [0.2, 0.25) is 0 Å². The highest BCUT2D eigenvalue weighted by Gasteiger charge is 2.63. The Morgan fingerprint density at radius 1 is 0.773 bits per heavy atom. The highest BCUT2D eigenvalue weighted by Crippen LogP contribution is 2.70. The second-order valence-corrected chi connectivity index (χ2v) is 10.3. The molecular weight excluding hydrogens is 264 g/mol. The quantitative estimate of drug-likeness (QED) is 0.440. The predicted molar refractivity (Wildman–Crippen MR) is 96.7 cm³/mol. The average molecular weight is 301 g/mol. The SMILES string of the molecule is C=C1CCC2C(C)(C)C1C2(C)C.C=C1CCC2CC1C2(C)C. The summed E-state index contributed by atoms with van der Waals surface area (Å²) in [7, 11) is 0. The Kier molecular flexibility index (Phi) is 3.52. The van der Waals surface area contributed by atoms with Crippen molar-refractivity contribution >= 4 is 0 Å². The zero-order chi connectivity index (χ0) is 16.5. The molecule has 22 heavy (non-hydrogen) atoms. The fourth-order valence-electron chi connectivity index (χ4n) is 7.23. The summed E-state index contributed by atoms with van der Waals surface area (Å²) >= 11 is 0. The molecule has 0 heteroatoms. The molecule has 0 aliphatic heterocycles. The standard InChI is InChI=1S/C12H20.C10H16/c1-8-6-7-9-11(2,3)10(8)12(9,4)5;1-7-4-5-8-6-9(7)10(8,2)3/h9-10H,1,6-7H2,2-5H3;8-9H,1,4-6H2,2-3H3. The molecule has 0 aromatic heterocycles. The van der Waals surface area contributed by atoms with E-state index in [-0.39, 0.29) is 0 Å². The van der Waals surface area contributed by atoms with E-state index in [0.29, 0.717) is 16.2 Å². The highest BCUT2D eigenvalue weighted by atomic mass is 14.7. The Morgan fingerprint density at radius 2 is 1.32 bits per heavy atom. The summed E-state index contributed by atoms with van der Waals surface area (Å²) in [5.41, 5.74) is 4.72. The largest absolute Gasteiger partial charge is 0.0996 e. The van der Waals surface area contributed by atoms with Crippen LogP contribution in [0.15, 0.2) is 24.3 Å². The van der Waals surface area contributed by atoms with Crippen molar-refractivity contribution in [3.05, 3.63) is 24.3 Å². The van der Waals surface area contributed by atoms with Crippen LogP contribution in [-0.4, -0.2) is 0 Å². The van der Waals surface area contributed by atoms with Crippen molar-refractivity contribution in [2.75, 3.05) is 0 Å². The molecule has 0 saturated heterocycles. The molecule has 4 bridgehead atoms. The summed E-state index contributed by atoms with van der Waals surface area (Å²) in [6.45, 7) is 22.8. The normalized spacial score (nSPS) is 42.5. The van der Waals surface area contributed by atoms with Gasteiger partial charge in [-0.1, -0.05) is 65.8 Å². The van der Waals surface area contributed by atoms with Gasteiger partial charge in [-0.15, -0.1) is 0 Å². The lowest BCUT2D eigenvalue weighted by atomic mass is 9.36. The van der Waals surface area contributed by atoms with E-state index in [9.17, 15) is 0 Å².